The quantitative estimate of drug-likeness (QED) is 0.365. The van der Waals surface area contributed by atoms with Gasteiger partial charge in [0.1, 0.15) is 5.82 Å². The number of anilines is 1. The summed E-state index contributed by atoms with van der Waals surface area (Å²) in [5.74, 6) is 2.58. The maximum atomic E-state index is 12.9. The van der Waals surface area contributed by atoms with Crippen LogP contribution in [0.15, 0.2) is 64.4 Å². The van der Waals surface area contributed by atoms with Crippen LogP contribution in [-0.4, -0.2) is 36.2 Å². The number of hydrogen-bond donors (Lipinski definition) is 1. The van der Waals surface area contributed by atoms with Crippen molar-refractivity contribution in [1.29, 1.82) is 0 Å². The van der Waals surface area contributed by atoms with Crippen LogP contribution < -0.4 is 5.32 Å². The summed E-state index contributed by atoms with van der Waals surface area (Å²) in [5, 5.41) is 17.1. The minimum absolute atomic E-state index is 0.111. The Labute approximate surface area is 196 Å². The Bertz CT molecular complexity index is 1210. The van der Waals surface area contributed by atoms with Gasteiger partial charge in [0.2, 0.25) is 5.91 Å². The molecule has 1 aliphatic rings. The molecule has 1 fully saturated rings. The van der Waals surface area contributed by atoms with E-state index in [4.69, 9.17) is 9.52 Å². The van der Waals surface area contributed by atoms with Gasteiger partial charge >= 0.3 is 0 Å². The lowest BCUT2D eigenvalue weighted by Gasteiger charge is -2.09. The van der Waals surface area contributed by atoms with E-state index in [1.54, 1.807) is 6.26 Å². The predicted octanol–water partition coefficient (Wildman–Crippen LogP) is 5.13. The Kier molecular flexibility index (Phi) is 6.30. The van der Waals surface area contributed by atoms with Gasteiger partial charge in [0.05, 0.1) is 23.4 Å². The van der Waals surface area contributed by atoms with Crippen molar-refractivity contribution in [2.45, 2.75) is 50.2 Å². The molecule has 0 unspecified atom stereocenters. The third-order valence-electron chi connectivity index (χ3n) is 5.88. The third-order valence-corrected chi connectivity index (χ3v) is 6.84. The second-order valence-corrected chi connectivity index (χ2v) is 8.99. The number of nitrogens with one attached hydrogen (secondary N) is 1. The number of aromatic nitrogens is 5. The summed E-state index contributed by atoms with van der Waals surface area (Å²) in [6.45, 7) is 2.70. The highest BCUT2D eigenvalue weighted by Crippen LogP contribution is 2.35. The second-order valence-electron chi connectivity index (χ2n) is 8.05. The molecule has 9 heteroatoms. The Balaban J connectivity index is 1.32. The lowest BCUT2D eigenvalue weighted by atomic mass is 10.0. The van der Waals surface area contributed by atoms with Gasteiger partial charge in [-0.1, -0.05) is 42.8 Å². The smallest absolute Gasteiger partial charge is 0.236 e. The van der Waals surface area contributed by atoms with Crippen LogP contribution in [-0.2, 0) is 11.3 Å². The molecule has 1 N–H and O–H groups in total. The maximum Gasteiger partial charge on any atom is 0.236 e. The van der Waals surface area contributed by atoms with Gasteiger partial charge in [-0.3, -0.25) is 9.36 Å². The average Bonchev–Trinajstić information content (AvgIpc) is 3.64. The standard InChI is InChI=1S/C24H26N6O2S/c1-2-29-23(20-13-8-14-32-20)26-27-24(29)33-16-22(31)25-21-15-19(17-9-6-7-10-17)28-30(21)18-11-4-3-5-12-18/h3-5,8,11-15,17H,2,6-7,9-10,16H2,1H3,(H,25,31). The largest absolute Gasteiger partial charge is 0.461 e. The third kappa shape index (κ3) is 4.59. The first kappa shape index (κ1) is 21.5. The molecule has 0 atom stereocenters. The van der Waals surface area contributed by atoms with Gasteiger partial charge in [0.25, 0.3) is 0 Å². The van der Waals surface area contributed by atoms with Gasteiger partial charge in [-0.05, 0) is 44.0 Å². The molecule has 0 saturated heterocycles. The summed E-state index contributed by atoms with van der Waals surface area (Å²) >= 11 is 1.36. The zero-order chi connectivity index (χ0) is 22.6. The minimum atomic E-state index is -0.111. The SMILES string of the molecule is CCn1c(SCC(=O)Nc2cc(C3CCCC3)nn2-c2ccccc2)nnc1-c1ccco1. The van der Waals surface area contributed by atoms with Gasteiger partial charge < -0.3 is 9.73 Å². The minimum Gasteiger partial charge on any atom is -0.461 e. The van der Waals surface area contributed by atoms with Crippen molar-refractivity contribution < 1.29 is 9.21 Å². The normalized spacial score (nSPS) is 14.1. The predicted molar refractivity (Wildman–Crippen MR) is 128 cm³/mol. The molecule has 1 amide bonds. The van der Waals surface area contributed by atoms with Crippen molar-refractivity contribution in [2.24, 2.45) is 0 Å². The molecule has 5 rings (SSSR count). The summed E-state index contributed by atoms with van der Waals surface area (Å²) in [6, 6.07) is 15.6. The van der Waals surface area contributed by atoms with Crippen molar-refractivity contribution in [1.82, 2.24) is 24.5 Å². The zero-order valence-corrected chi connectivity index (χ0v) is 19.3. The molecule has 170 valence electrons. The van der Waals surface area contributed by atoms with Crippen LogP contribution in [0.4, 0.5) is 5.82 Å². The van der Waals surface area contributed by atoms with E-state index in [1.807, 2.05) is 64.7 Å². The lowest BCUT2D eigenvalue weighted by molar-refractivity contribution is -0.113. The number of carbonyl (C=O) groups excluding carboxylic acids is 1. The fourth-order valence-corrected chi connectivity index (χ4v) is 5.06. The number of rotatable bonds is 8. The first-order valence-electron chi connectivity index (χ1n) is 11.3. The van der Waals surface area contributed by atoms with E-state index in [1.165, 1.54) is 24.6 Å². The van der Waals surface area contributed by atoms with Crippen molar-refractivity contribution in [3.8, 4) is 17.3 Å². The van der Waals surface area contributed by atoms with Crippen LogP contribution in [0.1, 0.15) is 44.2 Å². The van der Waals surface area contributed by atoms with Crippen LogP contribution in [0.25, 0.3) is 17.3 Å². The molecule has 3 heterocycles. The number of para-hydroxylation sites is 1. The molecule has 0 radical (unpaired) electrons. The topological polar surface area (TPSA) is 90.8 Å². The van der Waals surface area contributed by atoms with E-state index < -0.39 is 0 Å². The number of nitrogens with zero attached hydrogens (tertiary/aromatic N) is 5. The summed E-state index contributed by atoms with van der Waals surface area (Å²) in [5.41, 5.74) is 1.98. The fourth-order valence-electron chi connectivity index (χ4n) is 4.25. The Morgan fingerprint density at radius 2 is 1.97 bits per heavy atom. The van der Waals surface area contributed by atoms with Gasteiger partial charge in [-0.25, -0.2) is 4.68 Å². The number of carbonyl (C=O) groups is 1. The highest BCUT2D eigenvalue weighted by Gasteiger charge is 2.23. The zero-order valence-electron chi connectivity index (χ0n) is 18.5. The van der Waals surface area contributed by atoms with Crippen LogP contribution in [0.2, 0.25) is 0 Å². The van der Waals surface area contributed by atoms with E-state index in [0.29, 0.717) is 35.0 Å². The molecule has 1 aromatic carbocycles. The van der Waals surface area contributed by atoms with Crippen molar-refractivity contribution in [3.05, 3.63) is 60.5 Å². The highest BCUT2D eigenvalue weighted by atomic mass is 32.2. The van der Waals surface area contributed by atoms with Crippen molar-refractivity contribution in [3.63, 3.8) is 0 Å². The van der Waals surface area contributed by atoms with Crippen molar-refractivity contribution >= 4 is 23.5 Å². The number of furan rings is 1. The molecule has 0 spiro atoms. The van der Waals surface area contributed by atoms with Crippen molar-refractivity contribution in [2.75, 3.05) is 11.1 Å². The lowest BCUT2D eigenvalue weighted by Crippen LogP contribution is -2.17. The Morgan fingerprint density at radius 1 is 1.15 bits per heavy atom. The van der Waals surface area contributed by atoms with E-state index in [9.17, 15) is 4.79 Å². The Morgan fingerprint density at radius 3 is 2.70 bits per heavy atom. The van der Waals surface area contributed by atoms with E-state index >= 15 is 0 Å². The van der Waals surface area contributed by atoms with Gasteiger partial charge in [-0.15, -0.1) is 10.2 Å². The first-order chi connectivity index (χ1) is 16.2. The van der Waals surface area contributed by atoms with Crippen LogP contribution in [0, 0.1) is 0 Å². The second kappa shape index (κ2) is 9.66. The highest BCUT2D eigenvalue weighted by molar-refractivity contribution is 7.99. The van der Waals surface area contributed by atoms with Gasteiger partial charge in [0, 0.05) is 18.5 Å². The van der Waals surface area contributed by atoms with E-state index in [2.05, 4.69) is 15.5 Å². The van der Waals surface area contributed by atoms with Crippen LogP contribution in [0.5, 0.6) is 0 Å². The molecule has 33 heavy (non-hydrogen) atoms. The molecule has 1 aliphatic carbocycles. The number of amides is 1. The van der Waals surface area contributed by atoms with E-state index in [0.717, 1.165) is 24.2 Å². The maximum absolute atomic E-state index is 12.9. The molecule has 1 saturated carbocycles. The molecule has 4 aromatic rings. The summed E-state index contributed by atoms with van der Waals surface area (Å²) in [4.78, 5) is 12.9. The summed E-state index contributed by atoms with van der Waals surface area (Å²) in [6.07, 6.45) is 6.39. The average molecular weight is 463 g/mol. The molecule has 3 aromatic heterocycles. The molecular formula is C24H26N6O2S. The molecule has 0 bridgehead atoms. The van der Waals surface area contributed by atoms with Crippen LogP contribution >= 0.6 is 11.8 Å². The molecular weight excluding hydrogens is 436 g/mol. The Hall–Kier alpha value is -3.33. The van der Waals surface area contributed by atoms with Gasteiger partial charge in [0.15, 0.2) is 16.7 Å². The molecule has 8 nitrogen and oxygen atoms in total. The number of benzene rings is 1. The first-order valence-corrected chi connectivity index (χ1v) is 12.3. The number of hydrogen-bond acceptors (Lipinski definition) is 6. The monoisotopic (exact) mass is 462 g/mol. The number of thioether (sulfide) groups is 1. The van der Waals surface area contributed by atoms with Crippen LogP contribution in [0.3, 0.4) is 0 Å². The fraction of sp³-hybridized carbons (Fsp3) is 0.333. The van der Waals surface area contributed by atoms with Gasteiger partial charge in [-0.2, -0.15) is 5.10 Å². The summed E-state index contributed by atoms with van der Waals surface area (Å²) in [7, 11) is 0. The molecule has 0 aliphatic heterocycles. The van der Waals surface area contributed by atoms with E-state index in [-0.39, 0.29) is 11.7 Å². The summed E-state index contributed by atoms with van der Waals surface area (Å²) < 4.78 is 9.24.